The second-order valence-corrected chi connectivity index (χ2v) is 5.13. The van der Waals surface area contributed by atoms with Crippen LogP contribution in [-0.2, 0) is 0 Å². The number of fused-ring (bicyclic) bond motifs is 2. The lowest BCUT2D eigenvalue weighted by molar-refractivity contribution is 0.0993. The van der Waals surface area contributed by atoms with E-state index in [1.165, 1.54) is 18.2 Å². The van der Waals surface area contributed by atoms with Gasteiger partial charge in [-0.15, -0.1) is 0 Å². The second kappa shape index (κ2) is 3.64. The molecule has 0 aliphatic carbocycles. The molecule has 0 saturated heterocycles. The van der Waals surface area contributed by atoms with Crippen LogP contribution in [0.4, 0.5) is 5.69 Å². The molecule has 1 aromatic heterocycles. The van der Waals surface area contributed by atoms with Gasteiger partial charge in [-0.25, -0.2) is 4.98 Å². The number of amides is 1. The van der Waals surface area contributed by atoms with E-state index in [0.29, 0.717) is 5.03 Å². The van der Waals surface area contributed by atoms with E-state index < -0.39 is 0 Å². The molecule has 4 nitrogen and oxygen atoms in total. The van der Waals surface area contributed by atoms with E-state index in [1.54, 1.807) is 0 Å². The summed E-state index contributed by atoms with van der Waals surface area (Å²) in [7, 11) is 0. The van der Waals surface area contributed by atoms with Crippen LogP contribution < -0.4 is 5.32 Å². The zero-order valence-corrected chi connectivity index (χ0v) is 10.3. The molecule has 0 unspecified atom stereocenters. The molecule has 0 atom stereocenters. The lowest BCUT2D eigenvalue weighted by Gasteiger charge is -2.05. The molecule has 6 heteroatoms. The highest BCUT2D eigenvalue weighted by Gasteiger charge is 2.24. The van der Waals surface area contributed by atoms with Crippen molar-refractivity contribution in [1.82, 2.24) is 4.98 Å². The smallest absolute Gasteiger partial charge is 0.294 e. The first-order chi connectivity index (χ1) is 7.74. The number of carbonyl (C=O) groups excluding carboxylic acids is 1. The molecule has 1 aliphatic heterocycles. The van der Waals surface area contributed by atoms with Gasteiger partial charge >= 0.3 is 0 Å². The SMILES string of the molecule is O=C1Nc2cc(Br)ccc2Sc2ncoc21. The fraction of sp³-hybridized carbons (Fsp3) is 0. The first kappa shape index (κ1) is 9.92. The highest BCUT2D eigenvalue weighted by atomic mass is 79.9. The molecule has 1 N–H and O–H groups in total. The average molecular weight is 297 g/mol. The lowest BCUT2D eigenvalue weighted by atomic mass is 10.3. The summed E-state index contributed by atoms with van der Waals surface area (Å²) in [5.74, 6) is -0.00540. The molecule has 1 amide bonds. The van der Waals surface area contributed by atoms with Crippen molar-refractivity contribution in [3.05, 3.63) is 34.8 Å². The number of hydrogen-bond acceptors (Lipinski definition) is 4. The Morgan fingerprint density at radius 1 is 1.44 bits per heavy atom. The number of benzene rings is 1. The summed E-state index contributed by atoms with van der Waals surface area (Å²) in [6.45, 7) is 0. The van der Waals surface area contributed by atoms with Gasteiger partial charge in [-0.05, 0) is 18.2 Å². The first-order valence-electron chi connectivity index (χ1n) is 4.46. The summed E-state index contributed by atoms with van der Waals surface area (Å²) >= 11 is 4.78. The molecule has 2 heterocycles. The van der Waals surface area contributed by atoms with Crippen molar-refractivity contribution in [2.45, 2.75) is 9.92 Å². The van der Waals surface area contributed by atoms with E-state index in [1.807, 2.05) is 18.2 Å². The number of halogens is 1. The van der Waals surface area contributed by atoms with Crippen LogP contribution in [0.1, 0.15) is 10.6 Å². The van der Waals surface area contributed by atoms with Crippen LogP contribution >= 0.6 is 27.7 Å². The third-order valence-corrected chi connectivity index (χ3v) is 3.69. The zero-order valence-electron chi connectivity index (χ0n) is 7.86. The number of nitrogens with zero attached hydrogens (tertiary/aromatic N) is 1. The van der Waals surface area contributed by atoms with Crippen molar-refractivity contribution in [1.29, 1.82) is 0 Å². The van der Waals surface area contributed by atoms with E-state index in [9.17, 15) is 4.79 Å². The van der Waals surface area contributed by atoms with Crippen LogP contribution in [0.15, 0.2) is 43.4 Å². The van der Waals surface area contributed by atoms with Gasteiger partial charge in [0.05, 0.1) is 5.69 Å². The number of nitrogens with one attached hydrogen (secondary N) is 1. The number of anilines is 1. The molecule has 1 aromatic carbocycles. The van der Waals surface area contributed by atoms with Crippen LogP contribution in [-0.4, -0.2) is 10.9 Å². The minimum absolute atomic E-state index is 0.261. The predicted molar refractivity (Wildman–Crippen MR) is 62.7 cm³/mol. The van der Waals surface area contributed by atoms with Crippen molar-refractivity contribution < 1.29 is 9.21 Å². The standard InChI is InChI=1S/C10H5BrN2O2S/c11-5-1-2-7-6(3-5)13-9(14)8-10(16-7)12-4-15-8/h1-4H,(H,13,14). The van der Waals surface area contributed by atoms with Crippen LogP contribution in [0.3, 0.4) is 0 Å². The van der Waals surface area contributed by atoms with Gasteiger partial charge in [0.15, 0.2) is 11.4 Å². The zero-order chi connectivity index (χ0) is 11.1. The summed E-state index contributed by atoms with van der Waals surface area (Å²) < 4.78 is 5.97. The molecule has 0 spiro atoms. The second-order valence-electron chi connectivity index (χ2n) is 3.18. The molecule has 0 saturated carbocycles. The van der Waals surface area contributed by atoms with Crippen LogP contribution in [0, 0.1) is 0 Å². The Labute approximate surface area is 104 Å². The molecule has 80 valence electrons. The van der Waals surface area contributed by atoms with Gasteiger partial charge in [0, 0.05) is 9.37 Å². The maximum absolute atomic E-state index is 11.8. The third-order valence-electron chi connectivity index (χ3n) is 2.14. The van der Waals surface area contributed by atoms with Crippen LogP contribution in [0.2, 0.25) is 0 Å². The molecule has 2 aromatic rings. The van der Waals surface area contributed by atoms with Crippen molar-refractivity contribution in [2.75, 3.05) is 5.32 Å². The Hall–Kier alpha value is -1.27. The minimum atomic E-state index is -0.267. The summed E-state index contributed by atoms with van der Waals surface area (Å²) in [5, 5.41) is 3.38. The molecule has 0 radical (unpaired) electrons. The largest absolute Gasteiger partial charge is 0.437 e. The van der Waals surface area contributed by atoms with Gasteiger partial charge in [0.2, 0.25) is 5.76 Å². The molecule has 3 rings (SSSR count). The highest BCUT2D eigenvalue weighted by molar-refractivity contribution is 9.10. The Balaban J connectivity index is 2.16. The highest BCUT2D eigenvalue weighted by Crippen LogP contribution is 2.38. The Kier molecular flexibility index (Phi) is 2.26. The number of aromatic nitrogens is 1. The number of rotatable bonds is 0. The maximum Gasteiger partial charge on any atom is 0.294 e. The van der Waals surface area contributed by atoms with Gasteiger partial charge in [-0.1, -0.05) is 27.7 Å². The van der Waals surface area contributed by atoms with Crippen LogP contribution in [0.25, 0.3) is 0 Å². The molecular formula is C10H5BrN2O2S. The van der Waals surface area contributed by atoms with E-state index in [2.05, 4.69) is 26.2 Å². The number of oxazole rings is 1. The Morgan fingerprint density at radius 2 is 2.31 bits per heavy atom. The monoisotopic (exact) mass is 296 g/mol. The molecule has 1 aliphatic rings. The predicted octanol–water partition coefficient (Wildman–Crippen LogP) is 3.15. The quantitative estimate of drug-likeness (QED) is 0.811. The van der Waals surface area contributed by atoms with Crippen molar-refractivity contribution in [3.63, 3.8) is 0 Å². The van der Waals surface area contributed by atoms with Crippen molar-refractivity contribution in [2.24, 2.45) is 0 Å². The molecular weight excluding hydrogens is 292 g/mol. The molecule has 0 fully saturated rings. The van der Waals surface area contributed by atoms with E-state index >= 15 is 0 Å². The topological polar surface area (TPSA) is 55.1 Å². The third kappa shape index (κ3) is 1.54. The summed E-state index contributed by atoms with van der Waals surface area (Å²) in [6, 6.07) is 5.70. The number of hydrogen-bond donors (Lipinski definition) is 1. The minimum Gasteiger partial charge on any atom is -0.437 e. The molecule has 16 heavy (non-hydrogen) atoms. The number of carbonyl (C=O) groups is 1. The lowest BCUT2D eigenvalue weighted by Crippen LogP contribution is -2.10. The fourth-order valence-corrected chi connectivity index (χ4v) is 2.69. The first-order valence-corrected chi connectivity index (χ1v) is 6.07. The summed E-state index contributed by atoms with van der Waals surface area (Å²) in [5.41, 5.74) is 0.762. The van der Waals surface area contributed by atoms with Crippen molar-refractivity contribution in [3.8, 4) is 0 Å². The normalized spacial score (nSPS) is 13.7. The van der Waals surface area contributed by atoms with E-state index in [-0.39, 0.29) is 11.7 Å². The summed E-state index contributed by atoms with van der Waals surface area (Å²) in [6.07, 6.45) is 1.28. The molecule has 0 bridgehead atoms. The van der Waals surface area contributed by atoms with E-state index in [4.69, 9.17) is 4.42 Å². The van der Waals surface area contributed by atoms with Gasteiger partial charge in [-0.2, -0.15) is 0 Å². The van der Waals surface area contributed by atoms with Gasteiger partial charge < -0.3 is 9.73 Å². The Bertz CT molecular complexity index is 582. The van der Waals surface area contributed by atoms with Gasteiger partial charge in [0.1, 0.15) is 0 Å². The fourth-order valence-electron chi connectivity index (χ4n) is 1.43. The van der Waals surface area contributed by atoms with Gasteiger partial charge in [0.25, 0.3) is 5.91 Å². The van der Waals surface area contributed by atoms with Crippen molar-refractivity contribution >= 4 is 39.3 Å². The van der Waals surface area contributed by atoms with Gasteiger partial charge in [-0.3, -0.25) is 4.79 Å². The summed E-state index contributed by atoms with van der Waals surface area (Å²) in [4.78, 5) is 16.7. The maximum atomic E-state index is 11.8. The van der Waals surface area contributed by atoms with Crippen LogP contribution in [0.5, 0.6) is 0 Å². The Morgan fingerprint density at radius 3 is 3.19 bits per heavy atom. The average Bonchev–Trinajstić information content (AvgIpc) is 2.65. The van der Waals surface area contributed by atoms with E-state index in [0.717, 1.165) is 15.1 Å².